The second kappa shape index (κ2) is 3.49. The molecule has 0 amide bonds. The Hall–Kier alpha value is -2.09. The van der Waals surface area contributed by atoms with Crippen LogP contribution < -0.4 is 4.74 Å². The van der Waals surface area contributed by atoms with Crippen LogP contribution in [-0.4, -0.2) is 12.1 Å². The molecule has 3 aromatic rings. The Morgan fingerprint density at radius 3 is 2.75 bits per heavy atom. The minimum absolute atomic E-state index is 0.878. The standard InChI is InChI=1S/C14H11NO/c1-16-12-6-7-13-11(9-12)5-4-10-3-2-8-15-14(10)13/h2-9H,1H3. The maximum absolute atomic E-state index is 5.21. The van der Waals surface area contributed by atoms with Crippen LogP contribution in [0.2, 0.25) is 0 Å². The zero-order valence-corrected chi connectivity index (χ0v) is 8.97. The molecule has 1 aromatic heterocycles. The molecule has 0 aliphatic carbocycles. The van der Waals surface area contributed by atoms with Gasteiger partial charge in [-0.1, -0.05) is 18.2 Å². The Kier molecular flexibility index (Phi) is 2.00. The summed E-state index contributed by atoms with van der Waals surface area (Å²) in [6.07, 6.45) is 1.83. The molecule has 78 valence electrons. The van der Waals surface area contributed by atoms with E-state index in [4.69, 9.17) is 4.74 Å². The maximum Gasteiger partial charge on any atom is 0.119 e. The van der Waals surface area contributed by atoms with Gasteiger partial charge in [0.15, 0.2) is 0 Å². The molecule has 0 fully saturated rings. The van der Waals surface area contributed by atoms with Crippen molar-refractivity contribution in [1.29, 1.82) is 0 Å². The lowest BCUT2D eigenvalue weighted by Gasteiger charge is -2.04. The minimum atomic E-state index is 0.878. The van der Waals surface area contributed by atoms with Gasteiger partial charge in [0.1, 0.15) is 5.75 Å². The van der Waals surface area contributed by atoms with Crippen molar-refractivity contribution in [3.8, 4) is 5.75 Å². The summed E-state index contributed by atoms with van der Waals surface area (Å²) >= 11 is 0. The van der Waals surface area contributed by atoms with Gasteiger partial charge >= 0.3 is 0 Å². The molecular weight excluding hydrogens is 198 g/mol. The van der Waals surface area contributed by atoms with Gasteiger partial charge in [0.2, 0.25) is 0 Å². The quantitative estimate of drug-likeness (QED) is 0.573. The first-order valence-corrected chi connectivity index (χ1v) is 5.20. The molecule has 2 nitrogen and oxygen atoms in total. The highest BCUT2D eigenvalue weighted by atomic mass is 16.5. The van der Waals surface area contributed by atoms with Crippen LogP contribution in [0.4, 0.5) is 0 Å². The highest BCUT2D eigenvalue weighted by Gasteiger charge is 2.01. The maximum atomic E-state index is 5.21. The van der Waals surface area contributed by atoms with Crippen molar-refractivity contribution in [2.45, 2.75) is 0 Å². The van der Waals surface area contributed by atoms with E-state index in [1.54, 1.807) is 7.11 Å². The average molecular weight is 209 g/mol. The van der Waals surface area contributed by atoms with E-state index in [1.807, 2.05) is 24.4 Å². The van der Waals surface area contributed by atoms with Gasteiger partial charge in [-0.2, -0.15) is 0 Å². The van der Waals surface area contributed by atoms with Crippen molar-refractivity contribution in [3.05, 3.63) is 48.7 Å². The Labute approximate surface area is 93.5 Å². The normalized spacial score (nSPS) is 10.8. The van der Waals surface area contributed by atoms with Gasteiger partial charge in [-0.05, 0) is 29.7 Å². The number of methoxy groups -OCH3 is 1. The zero-order chi connectivity index (χ0) is 11.0. The number of ether oxygens (including phenoxy) is 1. The highest BCUT2D eigenvalue weighted by Crippen LogP contribution is 2.26. The Balaban J connectivity index is 2.43. The molecule has 0 N–H and O–H groups in total. The molecule has 0 saturated heterocycles. The third-order valence-electron chi connectivity index (χ3n) is 2.80. The summed E-state index contributed by atoms with van der Waals surface area (Å²) in [4.78, 5) is 4.42. The Bertz CT molecular complexity index is 661. The van der Waals surface area contributed by atoms with Crippen LogP contribution in [0.3, 0.4) is 0 Å². The molecule has 3 rings (SSSR count). The second-order valence-electron chi connectivity index (χ2n) is 3.73. The fourth-order valence-corrected chi connectivity index (χ4v) is 1.98. The average Bonchev–Trinajstić information content (AvgIpc) is 2.38. The number of aromatic nitrogens is 1. The van der Waals surface area contributed by atoms with Crippen LogP contribution >= 0.6 is 0 Å². The number of hydrogen-bond acceptors (Lipinski definition) is 2. The van der Waals surface area contributed by atoms with Crippen molar-refractivity contribution in [2.24, 2.45) is 0 Å². The smallest absolute Gasteiger partial charge is 0.119 e. The summed E-state index contributed by atoms with van der Waals surface area (Å²) in [6.45, 7) is 0. The Morgan fingerprint density at radius 1 is 1.00 bits per heavy atom. The molecule has 0 saturated carbocycles. The molecule has 2 heteroatoms. The first kappa shape index (κ1) is 9.16. The molecule has 1 heterocycles. The van der Waals surface area contributed by atoms with E-state index < -0.39 is 0 Å². The summed E-state index contributed by atoms with van der Waals surface area (Å²) in [5.74, 6) is 0.878. The van der Waals surface area contributed by atoms with Gasteiger partial charge in [0.25, 0.3) is 0 Å². The second-order valence-corrected chi connectivity index (χ2v) is 3.73. The fraction of sp³-hybridized carbons (Fsp3) is 0.0714. The van der Waals surface area contributed by atoms with Crippen molar-refractivity contribution in [3.63, 3.8) is 0 Å². The first-order valence-electron chi connectivity index (χ1n) is 5.20. The van der Waals surface area contributed by atoms with E-state index in [0.29, 0.717) is 0 Å². The molecule has 0 radical (unpaired) electrons. The van der Waals surface area contributed by atoms with Crippen molar-refractivity contribution in [2.75, 3.05) is 7.11 Å². The van der Waals surface area contributed by atoms with Crippen LogP contribution in [0, 0.1) is 0 Å². The van der Waals surface area contributed by atoms with Gasteiger partial charge < -0.3 is 4.74 Å². The summed E-state index contributed by atoms with van der Waals surface area (Å²) in [6, 6.07) is 14.3. The monoisotopic (exact) mass is 209 g/mol. The van der Waals surface area contributed by atoms with Gasteiger partial charge in [-0.25, -0.2) is 0 Å². The lowest BCUT2D eigenvalue weighted by atomic mass is 10.1. The summed E-state index contributed by atoms with van der Waals surface area (Å²) in [7, 11) is 1.68. The van der Waals surface area contributed by atoms with E-state index in [-0.39, 0.29) is 0 Å². The molecule has 0 spiro atoms. The topological polar surface area (TPSA) is 22.1 Å². The lowest BCUT2D eigenvalue weighted by molar-refractivity contribution is 0.415. The van der Waals surface area contributed by atoms with Gasteiger partial charge in [-0.15, -0.1) is 0 Å². The van der Waals surface area contributed by atoms with Crippen LogP contribution in [-0.2, 0) is 0 Å². The van der Waals surface area contributed by atoms with Gasteiger partial charge in [0, 0.05) is 17.0 Å². The van der Waals surface area contributed by atoms with Crippen molar-refractivity contribution >= 4 is 21.7 Å². The number of benzene rings is 2. The van der Waals surface area contributed by atoms with Crippen LogP contribution in [0.5, 0.6) is 5.75 Å². The zero-order valence-electron chi connectivity index (χ0n) is 8.97. The third-order valence-corrected chi connectivity index (χ3v) is 2.80. The summed E-state index contributed by atoms with van der Waals surface area (Å²) < 4.78 is 5.21. The summed E-state index contributed by atoms with van der Waals surface area (Å²) in [5, 5.41) is 3.49. The number of rotatable bonds is 1. The molecule has 16 heavy (non-hydrogen) atoms. The Morgan fingerprint density at radius 2 is 1.88 bits per heavy atom. The highest BCUT2D eigenvalue weighted by molar-refractivity contribution is 6.05. The minimum Gasteiger partial charge on any atom is -0.497 e. The van der Waals surface area contributed by atoms with Gasteiger partial charge in [0.05, 0.1) is 12.6 Å². The third kappa shape index (κ3) is 1.31. The molecule has 0 aliphatic rings. The van der Waals surface area contributed by atoms with E-state index >= 15 is 0 Å². The number of nitrogens with zero attached hydrogens (tertiary/aromatic N) is 1. The molecule has 0 atom stereocenters. The SMILES string of the molecule is COc1ccc2c(ccc3cccnc32)c1. The molecule has 2 aromatic carbocycles. The van der Waals surface area contributed by atoms with E-state index in [2.05, 4.69) is 29.2 Å². The van der Waals surface area contributed by atoms with Crippen LogP contribution in [0.25, 0.3) is 21.7 Å². The molecule has 0 bridgehead atoms. The molecule has 0 aliphatic heterocycles. The van der Waals surface area contributed by atoms with Crippen molar-refractivity contribution < 1.29 is 4.74 Å². The predicted octanol–water partition coefficient (Wildman–Crippen LogP) is 3.40. The summed E-state index contributed by atoms with van der Waals surface area (Å²) in [5.41, 5.74) is 1.04. The van der Waals surface area contributed by atoms with Crippen LogP contribution in [0.15, 0.2) is 48.7 Å². The van der Waals surface area contributed by atoms with Crippen molar-refractivity contribution in [1.82, 2.24) is 4.98 Å². The van der Waals surface area contributed by atoms with Gasteiger partial charge in [-0.3, -0.25) is 4.98 Å². The van der Waals surface area contributed by atoms with E-state index in [1.165, 1.54) is 10.8 Å². The fourth-order valence-electron chi connectivity index (χ4n) is 1.98. The van der Waals surface area contributed by atoms with E-state index in [0.717, 1.165) is 16.7 Å². The number of pyridine rings is 1. The first-order chi connectivity index (χ1) is 7.88. The van der Waals surface area contributed by atoms with Crippen LogP contribution in [0.1, 0.15) is 0 Å². The molecule has 0 unspecified atom stereocenters. The largest absolute Gasteiger partial charge is 0.497 e. The number of hydrogen-bond donors (Lipinski definition) is 0. The predicted molar refractivity (Wildman–Crippen MR) is 65.8 cm³/mol. The number of fused-ring (bicyclic) bond motifs is 3. The van der Waals surface area contributed by atoms with E-state index in [9.17, 15) is 0 Å². The lowest BCUT2D eigenvalue weighted by Crippen LogP contribution is -1.84. The molecular formula is C14H11NO.